The Balaban J connectivity index is 0.00000288. The molecule has 0 fully saturated rings. The molecule has 0 saturated heterocycles. The lowest BCUT2D eigenvalue weighted by molar-refractivity contribution is -0.116. The van der Waals surface area contributed by atoms with E-state index in [0.29, 0.717) is 18.5 Å². The summed E-state index contributed by atoms with van der Waals surface area (Å²) in [5.74, 6) is 0.885. The van der Waals surface area contributed by atoms with Crippen LogP contribution in [-0.2, 0) is 11.2 Å². The molecule has 0 atom stereocenters. The molecule has 0 aliphatic carbocycles. The van der Waals surface area contributed by atoms with Crippen molar-refractivity contribution in [2.45, 2.75) is 26.7 Å². The van der Waals surface area contributed by atoms with Crippen LogP contribution >= 0.6 is 24.8 Å². The van der Waals surface area contributed by atoms with Gasteiger partial charge in [-0.3, -0.25) is 4.79 Å². The third-order valence-corrected chi connectivity index (χ3v) is 3.80. The number of aromatic nitrogens is 1. The zero-order chi connectivity index (χ0) is 16.7. The number of halogens is 2. The molecule has 7 heteroatoms. The molecule has 1 amide bonds. The first-order valence-corrected chi connectivity index (χ1v) is 7.98. The predicted octanol–water partition coefficient (Wildman–Crippen LogP) is 3.92. The summed E-state index contributed by atoms with van der Waals surface area (Å²) in [6.07, 6.45) is 2.72. The summed E-state index contributed by atoms with van der Waals surface area (Å²) in [6.45, 7) is 6.01. The zero-order valence-electron chi connectivity index (χ0n) is 14.6. The number of amides is 1. The largest absolute Gasteiger partial charge is 0.399 e. The van der Waals surface area contributed by atoms with Crippen LogP contribution in [0.2, 0.25) is 0 Å². The lowest BCUT2D eigenvalue weighted by atomic mass is 10.1. The minimum absolute atomic E-state index is 0. The van der Waals surface area contributed by atoms with Gasteiger partial charge in [0.25, 0.3) is 0 Å². The van der Waals surface area contributed by atoms with Gasteiger partial charge < -0.3 is 16.0 Å². The van der Waals surface area contributed by atoms with Crippen LogP contribution in [0, 0.1) is 0 Å². The Kier molecular flexibility index (Phi) is 10.6. The summed E-state index contributed by atoms with van der Waals surface area (Å²) in [4.78, 5) is 18.6. The molecule has 0 spiro atoms. The van der Waals surface area contributed by atoms with E-state index in [2.05, 4.69) is 29.0 Å². The summed E-state index contributed by atoms with van der Waals surface area (Å²) in [5, 5.41) is 2.87. The molecule has 25 heavy (non-hydrogen) atoms. The van der Waals surface area contributed by atoms with E-state index in [9.17, 15) is 4.79 Å². The highest BCUT2D eigenvalue weighted by molar-refractivity contribution is 5.90. The molecule has 0 bridgehead atoms. The van der Waals surface area contributed by atoms with Crippen molar-refractivity contribution in [2.24, 2.45) is 0 Å². The van der Waals surface area contributed by atoms with Gasteiger partial charge in [-0.05, 0) is 44.0 Å². The number of carbonyl (C=O) groups is 1. The van der Waals surface area contributed by atoms with Crippen LogP contribution in [0.1, 0.15) is 25.8 Å². The third kappa shape index (κ3) is 6.80. The van der Waals surface area contributed by atoms with Crippen LogP contribution in [-0.4, -0.2) is 24.0 Å². The molecule has 0 radical (unpaired) electrons. The molecule has 0 aliphatic rings. The van der Waals surface area contributed by atoms with E-state index < -0.39 is 0 Å². The number of nitrogens with one attached hydrogen (secondary N) is 1. The van der Waals surface area contributed by atoms with Gasteiger partial charge in [0.1, 0.15) is 5.82 Å². The smallest absolute Gasteiger partial charge is 0.224 e. The summed E-state index contributed by atoms with van der Waals surface area (Å²) in [7, 11) is 0. The van der Waals surface area contributed by atoms with Crippen molar-refractivity contribution in [3.05, 3.63) is 48.2 Å². The van der Waals surface area contributed by atoms with Gasteiger partial charge >= 0.3 is 0 Å². The van der Waals surface area contributed by atoms with Gasteiger partial charge in [0.05, 0.1) is 11.9 Å². The molecular formula is C18H26Cl2N4O. The predicted molar refractivity (Wildman–Crippen MR) is 110 cm³/mol. The van der Waals surface area contributed by atoms with E-state index in [1.54, 1.807) is 6.20 Å². The van der Waals surface area contributed by atoms with Crippen LogP contribution in [0.3, 0.4) is 0 Å². The standard InChI is InChI=1S/C18H24N4O.2ClH/c1-3-22(4-2)17-11-10-15(13-20-17)21-18(23)12-9-14-7-5-6-8-16(14)19;;/h5-8,10-11,13H,3-4,9,12,19H2,1-2H3,(H,21,23);2*1H. The van der Waals surface area contributed by atoms with Crippen molar-refractivity contribution >= 4 is 47.9 Å². The number of pyridine rings is 1. The van der Waals surface area contributed by atoms with Gasteiger partial charge in [0.15, 0.2) is 0 Å². The Bertz CT molecular complexity index is 646. The van der Waals surface area contributed by atoms with E-state index in [1.165, 1.54) is 0 Å². The monoisotopic (exact) mass is 384 g/mol. The first-order chi connectivity index (χ1) is 11.1. The van der Waals surface area contributed by atoms with Crippen molar-refractivity contribution in [1.29, 1.82) is 0 Å². The Morgan fingerprint density at radius 1 is 1.12 bits per heavy atom. The van der Waals surface area contributed by atoms with Crippen LogP contribution in [0.4, 0.5) is 17.2 Å². The quantitative estimate of drug-likeness (QED) is 0.709. The molecule has 2 aromatic rings. The number of hydrogen-bond donors (Lipinski definition) is 2. The number of rotatable bonds is 7. The van der Waals surface area contributed by atoms with Gasteiger partial charge in [0.2, 0.25) is 5.91 Å². The van der Waals surface area contributed by atoms with E-state index >= 15 is 0 Å². The average molecular weight is 385 g/mol. The Labute approximate surface area is 161 Å². The normalized spacial score (nSPS) is 9.52. The maximum atomic E-state index is 12.0. The molecule has 0 saturated carbocycles. The maximum absolute atomic E-state index is 12.0. The van der Waals surface area contributed by atoms with Crippen LogP contribution < -0.4 is 16.0 Å². The average Bonchev–Trinajstić information content (AvgIpc) is 2.57. The number of hydrogen-bond acceptors (Lipinski definition) is 4. The molecule has 0 aliphatic heterocycles. The second kappa shape index (κ2) is 11.6. The molecule has 0 unspecified atom stereocenters. The minimum Gasteiger partial charge on any atom is -0.399 e. The van der Waals surface area contributed by atoms with Crippen molar-refractivity contribution in [3.8, 4) is 0 Å². The summed E-state index contributed by atoms with van der Waals surface area (Å²) < 4.78 is 0. The van der Waals surface area contributed by atoms with Crippen LogP contribution in [0.5, 0.6) is 0 Å². The Morgan fingerprint density at radius 2 is 1.80 bits per heavy atom. The van der Waals surface area contributed by atoms with E-state index in [4.69, 9.17) is 5.73 Å². The second-order valence-corrected chi connectivity index (χ2v) is 5.32. The second-order valence-electron chi connectivity index (χ2n) is 5.32. The van der Waals surface area contributed by atoms with E-state index in [1.807, 2.05) is 36.4 Å². The van der Waals surface area contributed by atoms with Crippen molar-refractivity contribution in [2.75, 3.05) is 29.0 Å². The highest BCUT2D eigenvalue weighted by Crippen LogP contribution is 2.15. The SMILES string of the molecule is CCN(CC)c1ccc(NC(=O)CCc2ccccc2N)cn1.Cl.Cl. The number of aryl methyl sites for hydroxylation is 1. The van der Waals surface area contributed by atoms with E-state index in [0.717, 1.165) is 30.2 Å². The maximum Gasteiger partial charge on any atom is 0.224 e. The molecule has 2 rings (SSSR count). The lowest BCUT2D eigenvalue weighted by Gasteiger charge is -2.19. The number of benzene rings is 1. The number of nitrogens with zero attached hydrogens (tertiary/aromatic N) is 2. The van der Waals surface area contributed by atoms with Gasteiger partial charge in [-0.25, -0.2) is 4.98 Å². The third-order valence-electron chi connectivity index (χ3n) is 3.80. The number of para-hydroxylation sites is 1. The molecule has 1 aromatic carbocycles. The van der Waals surface area contributed by atoms with Gasteiger partial charge in [-0.15, -0.1) is 24.8 Å². The van der Waals surface area contributed by atoms with Crippen molar-refractivity contribution in [3.63, 3.8) is 0 Å². The summed E-state index contributed by atoms with van der Waals surface area (Å²) >= 11 is 0. The number of anilines is 3. The van der Waals surface area contributed by atoms with Gasteiger partial charge in [0, 0.05) is 25.2 Å². The fraction of sp³-hybridized carbons (Fsp3) is 0.333. The first kappa shape index (κ1) is 23.0. The molecular weight excluding hydrogens is 359 g/mol. The Hall–Kier alpha value is -1.98. The summed E-state index contributed by atoms with van der Waals surface area (Å²) in [6, 6.07) is 11.4. The van der Waals surface area contributed by atoms with Crippen molar-refractivity contribution in [1.82, 2.24) is 4.98 Å². The molecule has 1 aromatic heterocycles. The molecule has 138 valence electrons. The Morgan fingerprint density at radius 3 is 2.36 bits per heavy atom. The molecule has 3 N–H and O–H groups in total. The van der Waals surface area contributed by atoms with E-state index in [-0.39, 0.29) is 30.7 Å². The minimum atomic E-state index is -0.0364. The zero-order valence-corrected chi connectivity index (χ0v) is 16.2. The number of nitrogen functional groups attached to an aromatic ring is 1. The van der Waals surface area contributed by atoms with Crippen LogP contribution in [0.15, 0.2) is 42.6 Å². The fourth-order valence-electron chi connectivity index (χ4n) is 2.43. The van der Waals surface area contributed by atoms with Crippen LogP contribution in [0.25, 0.3) is 0 Å². The molecule has 5 nitrogen and oxygen atoms in total. The summed E-state index contributed by atoms with van der Waals surface area (Å²) in [5.41, 5.74) is 8.32. The van der Waals surface area contributed by atoms with Gasteiger partial charge in [-0.2, -0.15) is 0 Å². The topological polar surface area (TPSA) is 71.2 Å². The first-order valence-electron chi connectivity index (χ1n) is 7.98. The highest BCUT2D eigenvalue weighted by atomic mass is 35.5. The number of carbonyl (C=O) groups excluding carboxylic acids is 1. The van der Waals surface area contributed by atoms with Crippen molar-refractivity contribution < 1.29 is 4.79 Å². The molecule has 1 heterocycles. The van der Waals surface area contributed by atoms with Gasteiger partial charge in [-0.1, -0.05) is 18.2 Å². The fourth-order valence-corrected chi connectivity index (χ4v) is 2.43. The highest BCUT2D eigenvalue weighted by Gasteiger charge is 2.07. The number of nitrogens with two attached hydrogens (primary N) is 1. The lowest BCUT2D eigenvalue weighted by Crippen LogP contribution is -2.22.